The Morgan fingerprint density at radius 1 is 1.14 bits per heavy atom. The summed E-state index contributed by atoms with van der Waals surface area (Å²) < 4.78 is 25.9. The Labute approximate surface area is 126 Å². The fourth-order valence-electron chi connectivity index (χ4n) is 2.66. The van der Waals surface area contributed by atoms with Crippen LogP contribution in [-0.2, 0) is 0 Å². The summed E-state index contributed by atoms with van der Waals surface area (Å²) >= 11 is 0. The van der Waals surface area contributed by atoms with Gasteiger partial charge in [-0.3, -0.25) is 4.79 Å². The normalized spacial score (nSPS) is 21.2. The van der Waals surface area contributed by atoms with Gasteiger partial charge in [-0.05, 0) is 49.8 Å². The molecule has 1 aromatic carbocycles. The number of amides is 2. The molecule has 0 bridgehead atoms. The smallest absolute Gasteiger partial charge is 0.404 e. The zero-order valence-corrected chi connectivity index (χ0v) is 11.9. The Morgan fingerprint density at radius 2 is 1.82 bits per heavy atom. The lowest BCUT2D eigenvalue weighted by atomic mass is 9.86. The van der Waals surface area contributed by atoms with E-state index in [0.717, 1.165) is 37.8 Å². The molecule has 2 rings (SSSR count). The summed E-state index contributed by atoms with van der Waals surface area (Å²) in [6.45, 7) is 0.442. The SMILES string of the molecule is O=C(O)NC1CCC(CNC(=O)c2ccc(F)c(F)c2)CC1. The van der Waals surface area contributed by atoms with Crippen molar-refractivity contribution in [2.45, 2.75) is 31.7 Å². The predicted molar refractivity (Wildman–Crippen MR) is 75.6 cm³/mol. The Hall–Kier alpha value is -2.18. The summed E-state index contributed by atoms with van der Waals surface area (Å²) in [4.78, 5) is 22.4. The lowest BCUT2D eigenvalue weighted by Gasteiger charge is -2.28. The second-order valence-electron chi connectivity index (χ2n) is 5.51. The van der Waals surface area contributed by atoms with Crippen LogP contribution in [0.1, 0.15) is 36.0 Å². The minimum Gasteiger partial charge on any atom is -0.465 e. The van der Waals surface area contributed by atoms with Crippen LogP contribution in [0, 0.1) is 17.6 Å². The minimum atomic E-state index is -1.05. The average molecular weight is 312 g/mol. The minimum absolute atomic E-state index is 0.0318. The number of rotatable bonds is 4. The van der Waals surface area contributed by atoms with Gasteiger partial charge in [0.1, 0.15) is 0 Å². The standard InChI is InChI=1S/C15H18F2N2O3/c16-12-6-3-10(7-13(12)17)14(20)18-8-9-1-4-11(5-2-9)19-15(21)22/h3,6-7,9,11,19H,1-2,4-5,8H2,(H,18,20)(H,21,22). The lowest BCUT2D eigenvalue weighted by Crippen LogP contribution is -2.39. The first-order valence-electron chi connectivity index (χ1n) is 7.18. The third-order valence-corrected chi connectivity index (χ3v) is 3.91. The third-order valence-electron chi connectivity index (χ3n) is 3.91. The number of carboxylic acid groups (broad SMARTS) is 1. The van der Waals surface area contributed by atoms with E-state index >= 15 is 0 Å². The van der Waals surface area contributed by atoms with Gasteiger partial charge in [-0.15, -0.1) is 0 Å². The quantitative estimate of drug-likeness (QED) is 0.799. The summed E-state index contributed by atoms with van der Waals surface area (Å²) in [5.74, 6) is -2.21. The van der Waals surface area contributed by atoms with Crippen LogP contribution < -0.4 is 10.6 Å². The van der Waals surface area contributed by atoms with Crippen LogP contribution in [0.15, 0.2) is 18.2 Å². The number of benzene rings is 1. The van der Waals surface area contributed by atoms with E-state index in [0.29, 0.717) is 6.54 Å². The van der Waals surface area contributed by atoms with E-state index in [1.807, 2.05) is 0 Å². The number of nitrogens with one attached hydrogen (secondary N) is 2. The second kappa shape index (κ2) is 7.20. The molecule has 0 atom stereocenters. The number of carbonyl (C=O) groups is 2. The van der Waals surface area contributed by atoms with Crippen molar-refractivity contribution in [3.05, 3.63) is 35.4 Å². The topological polar surface area (TPSA) is 78.4 Å². The number of carbonyl (C=O) groups excluding carboxylic acids is 1. The van der Waals surface area contributed by atoms with Gasteiger partial charge in [0.2, 0.25) is 0 Å². The first-order valence-corrected chi connectivity index (χ1v) is 7.18. The van der Waals surface area contributed by atoms with Crippen LogP contribution in [0.3, 0.4) is 0 Å². The molecule has 1 fully saturated rings. The van der Waals surface area contributed by atoms with E-state index in [1.165, 1.54) is 6.07 Å². The molecular formula is C15H18F2N2O3. The lowest BCUT2D eigenvalue weighted by molar-refractivity contribution is 0.0942. The van der Waals surface area contributed by atoms with E-state index in [4.69, 9.17) is 5.11 Å². The van der Waals surface area contributed by atoms with Crippen molar-refractivity contribution in [3.63, 3.8) is 0 Å². The molecule has 1 aliphatic carbocycles. The molecule has 0 aliphatic heterocycles. The first kappa shape index (κ1) is 16.2. The van der Waals surface area contributed by atoms with Gasteiger partial charge in [0.05, 0.1) is 0 Å². The van der Waals surface area contributed by atoms with E-state index in [9.17, 15) is 18.4 Å². The fraction of sp³-hybridized carbons (Fsp3) is 0.467. The molecule has 22 heavy (non-hydrogen) atoms. The fourth-order valence-corrected chi connectivity index (χ4v) is 2.66. The highest BCUT2D eigenvalue weighted by Crippen LogP contribution is 2.23. The van der Waals surface area contributed by atoms with E-state index in [-0.39, 0.29) is 17.5 Å². The maximum atomic E-state index is 13.1. The van der Waals surface area contributed by atoms with E-state index < -0.39 is 23.6 Å². The molecule has 0 spiro atoms. The van der Waals surface area contributed by atoms with Gasteiger partial charge in [0.25, 0.3) is 5.91 Å². The van der Waals surface area contributed by atoms with Crippen molar-refractivity contribution in [3.8, 4) is 0 Å². The highest BCUT2D eigenvalue weighted by molar-refractivity contribution is 5.94. The van der Waals surface area contributed by atoms with Gasteiger partial charge in [0.15, 0.2) is 11.6 Å². The third kappa shape index (κ3) is 4.41. The summed E-state index contributed by atoms with van der Waals surface area (Å²) in [5, 5.41) is 13.8. The summed E-state index contributed by atoms with van der Waals surface area (Å²) in [6, 6.07) is 3.00. The zero-order valence-electron chi connectivity index (χ0n) is 11.9. The van der Waals surface area contributed by atoms with Crippen LogP contribution in [0.25, 0.3) is 0 Å². The molecule has 120 valence electrons. The second-order valence-corrected chi connectivity index (χ2v) is 5.51. The van der Waals surface area contributed by atoms with Gasteiger partial charge in [-0.1, -0.05) is 0 Å². The van der Waals surface area contributed by atoms with Gasteiger partial charge in [-0.2, -0.15) is 0 Å². The van der Waals surface area contributed by atoms with Crippen molar-refractivity contribution in [2.24, 2.45) is 5.92 Å². The molecule has 7 heteroatoms. The summed E-state index contributed by atoms with van der Waals surface area (Å²) in [7, 11) is 0. The Bertz CT molecular complexity index is 558. The summed E-state index contributed by atoms with van der Waals surface area (Å²) in [5.41, 5.74) is 0.0835. The molecule has 1 saturated carbocycles. The maximum absolute atomic E-state index is 13.1. The molecule has 3 N–H and O–H groups in total. The highest BCUT2D eigenvalue weighted by atomic mass is 19.2. The molecule has 0 radical (unpaired) electrons. The number of hydrogen-bond acceptors (Lipinski definition) is 2. The van der Waals surface area contributed by atoms with Crippen LogP contribution in [0.5, 0.6) is 0 Å². The number of hydrogen-bond donors (Lipinski definition) is 3. The predicted octanol–water partition coefficient (Wildman–Crippen LogP) is 2.52. The van der Waals surface area contributed by atoms with E-state index in [1.54, 1.807) is 0 Å². The van der Waals surface area contributed by atoms with Crippen LogP contribution in [-0.4, -0.2) is 29.7 Å². The molecular weight excluding hydrogens is 294 g/mol. The van der Waals surface area contributed by atoms with Crippen LogP contribution in [0.2, 0.25) is 0 Å². The Morgan fingerprint density at radius 3 is 2.41 bits per heavy atom. The van der Waals surface area contributed by atoms with Crippen molar-refractivity contribution in [1.29, 1.82) is 0 Å². The van der Waals surface area contributed by atoms with Gasteiger partial charge >= 0.3 is 6.09 Å². The molecule has 2 amide bonds. The Kier molecular flexibility index (Phi) is 5.30. The molecule has 1 aliphatic rings. The van der Waals surface area contributed by atoms with Crippen LogP contribution in [0.4, 0.5) is 13.6 Å². The molecule has 0 aromatic heterocycles. The summed E-state index contributed by atoms with van der Waals surface area (Å²) in [6.07, 6.45) is 2.07. The van der Waals surface area contributed by atoms with Crippen molar-refractivity contribution in [2.75, 3.05) is 6.54 Å². The molecule has 0 saturated heterocycles. The van der Waals surface area contributed by atoms with Gasteiger partial charge in [0, 0.05) is 18.2 Å². The zero-order chi connectivity index (χ0) is 16.1. The molecule has 0 heterocycles. The van der Waals surface area contributed by atoms with Crippen LogP contribution >= 0.6 is 0 Å². The van der Waals surface area contributed by atoms with Gasteiger partial charge in [-0.25, -0.2) is 13.6 Å². The monoisotopic (exact) mass is 312 g/mol. The van der Waals surface area contributed by atoms with Crippen molar-refractivity contribution >= 4 is 12.0 Å². The van der Waals surface area contributed by atoms with E-state index in [2.05, 4.69) is 10.6 Å². The largest absolute Gasteiger partial charge is 0.465 e. The Balaban J connectivity index is 1.77. The molecule has 1 aromatic rings. The van der Waals surface area contributed by atoms with Crippen molar-refractivity contribution < 1.29 is 23.5 Å². The van der Waals surface area contributed by atoms with Crippen molar-refractivity contribution in [1.82, 2.24) is 10.6 Å². The first-order chi connectivity index (χ1) is 10.5. The number of halogens is 2. The highest BCUT2D eigenvalue weighted by Gasteiger charge is 2.22. The van der Waals surface area contributed by atoms with Gasteiger partial charge < -0.3 is 15.7 Å². The molecule has 0 unspecified atom stereocenters. The molecule has 5 nitrogen and oxygen atoms in total. The maximum Gasteiger partial charge on any atom is 0.404 e. The average Bonchev–Trinajstić information content (AvgIpc) is 2.48.